The highest BCUT2D eigenvalue weighted by Crippen LogP contribution is 2.13. The van der Waals surface area contributed by atoms with E-state index in [2.05, 4.69) is 10.3 Å². The molecule has 0 spiro atoms. The average Bonchev–Trinajstić information content (AvgIpc) is 2.75. The van der Waals surface area contributed by atoms with Gasteiger partial charge >= 0.3 is 6.09 Å². The summed E-state index contributed by atoms with van der Waals surface area (Å²) in [6.45, 7) is 5.69. The van der Waals surface area contributed by atoms with E-state index in [0.29, 0.717) is 44.0 Å². The number of hydrogen-bond acceptors (Lipinski definition) is 5. The number of piperazine rings is 1. The molecule has 0 saturated carbocycles. The Kier molecular flexibility index (Phi) is 6.43. The molecule has 0 radical (unpaired) electrons. The topological polar surface area (TPSA) is 91.8 Å². The van der Waals surface area contributed by atoms with E-state index < -0.39 is 0 Å². The molecular formula is C21H24N4O4. The second kappa shape index (κ2) is 9.18. The average molecular weight is 396 g/mol. The fourth-order valence-electron chi connectivity index (χ4n) is 3.01. The summed E-state index contributed by atoms with van der Waals surface area (Å²) in [5.74, 6) is -0.573. The second-order valence-electron chi connectivity index (χ2n) is 6.73. The van der Waals surface area contributed by atoms with Crippen LogP contribution in [0.5, 0.6) is 0 Å². The number of aryl methyl sites for hydroxylation is 1. The van der Waals surface area contributed by atoms with Crippen LogP contribution in [0.2, 0.25) is 0 Å². The molecule has 1 aliphatic rings. The van der Waals surface area contributed by atoms with Gasteiger partial charge in [0.2, 0.25) is 0 Å². The van der Waals surface area contributed by atoms with E-state index in [1.807, 2.05) is 31.2 Å². The number of rotatable bonds is 4. The smallest absolute Gasteiger partial charge is 0.409 e. The van der Waals surface area contributed by atoms with Crippen molar-refractivity contribution in [3.8, 4) is 0 Å². The van der Waals surface area contributed by atoms with Crippen molar-refractivity contribution in [1.82, 2.24) is 14.8 Å². The number of carbonyl (C=O) groups excluding carboxylic acids is 3. The van der Waals surface area contributed by atoms with Crippen molar-refractivity contribution < 1.29 is 19.1 Å². The number of pyridine rings is 1. The molecule has 0 atom stereocenters. The molecule has 3 amide bonds. The third kappa shape index (κ3) is 5.10. The van der Waals surface area contributed by atoms with Crippen LogP contribution in [0.25, 0.3) is 0 Å². The minimum Gasteiger partial charge on any atom is -0.450 e. The molecule has 1 aliphatic heterocycles. The molecule has 1 aromatic heterocycles. The fourth-order valence-corrected chi connectivity index (χ4v) is 3.01. The van der Waals surface area contributed by atoms with Gasteiger partial charge in [-0.15, -0.1) is 0 Å². The van der Waals surface area contributed by atoms with Gasteiger partial charge in [-0.25, -0.2) is 4.79 Å². The first-order chi connectivity index (χ1) is 14.0. The molecule has 1 saturated heterocycles. The fraction of sp³-hybridized carbons (Fsp3) is 0.333. The van der Waals surface area contributed by atoms with E-state index in [1.54, 1.807) is 22.8 Å². The van der Waals surface area contributed by atoms with Crippen molar-refractivity contribution in [2.24, 2.45) is 0 Å². The van der Waals surface area contributed by atoms with Gasteiger partial charge in [-0.05, 0) is 38.1 Å². The lowest BCUT2D eigenvalue weighted by atomic mass is 10.1. The number of benzene rings is 1. The number of nitrogens with zero attached hydrogens (tertiary/aromatic N) is 3. The largest absolute Gasteiger partial charge is 0.450 e. The van der Waals surface area contributed by atoms with Crippen LogP contribution in [0.1, 0.15) is 33.3 Å². The molecule has 1 aromatic carbocycles. The second-order valence-corrected chi connectivity index (χ2v) is 6.73. The first-order valence-electron chi connectivity index (χ1n) is 9.53. The van der Waals surface area contributed by atoms with Gasteiger partial charge in [-0.3, -0.25) is 14.6 Å². The zero-order valence-electron chi connectivity index (χ0n) is 16.6. The van der Waals surface area contributed by atoms with E-state index in [0.717, 1.165) is 5.56 Å². The van der Waals surface area contributed by atoms with Crippen molar-refractivity contribution in [1.29, 1.82) is 0 Å². The molecule has 152 valence electrons. The van der Waals surface area contributed by atoms with E-state index in [-0.39, 0.29) is 23.6 Å². The summed E-state index contributed by atoms with van der Waals surface area (Å²) in [7, 11) is 0. The number of aromatic nitrogens is 1. The molecular weight excluding hydrogens is 372 g/mol. The van der Waals surface area contributed by atoms with Crippen molar-refractivity contribution in [2.75, 3.05) is 38.1 Å². The number of nitrogens with one attached hydrogen (secondary N) is 1. The first-order valence-corrected chi connectivity index (χ1v) is 9.53. The molecule has 8 heteroatoms. The summed E-state index contributed by atoms with van der Waals surface area (Å²) in [6, 6.07) is 10.5. The third-order valence-electron chi connectivity index (χ3n) is 4.64. The Morgan fingerprint density at radius 3 is 2.34 bits per heavy atom. The minimum absolute atomic E-state index is 0.168. The zero-order chi connectivity index (χ0) is 20.8. The SMILES string of the molecule is CCOC(=O)N1CCN(C(=O)c2ccnc(C(=O)Nc3ccc(C)cc3)c2)CC1. The lowest BCUT2D eigenvalue weighted by molar-refractivity contribution is 0.0570. The van der Waals surface area contributed by atoms with Gasteiger partial charge in [-0.1, -0.05) is 17.7 Å². The van der Waals surface area contributed by atoms with Gasteiger partial charge < -0.3 is 19.9 Å². The van der Waals surface area contributed by atoms with Gasteiger partial charge in [0.15, 0.2) is 0 Å². The van der Waals surface area contributed by atoms with Crippen LogP contribution in [0, 0.1) is 6.92 Å². The highest BCUT2D eigenvalue weighted by atomic mass is 16.6. The number of carbonyl (C=O) groups is 3. The Balaban J connectivity index is 1.63. The lowest BCUT2D eigenvalue weighted by Gasteiger charge is -2.34. The summed E-state index contributed by atoms with van der Waals surface area (Å²) in [4.78, 5) is 44.4. The van der Waals surface area contributed by atoms with Crippen LogP contribution >= 0.6 is 0 Å². The molecule has 1 fully saturated rings. The predicted molar refractivity (Wildman–Crippen MR) is 108 cm³/mol. The molecule has 29 heavy (non-hydrogen) atoms. The highest BCUT2D eigenvalue weighted by Gasteiger charge is 2.26. The van der Waals surface area contributed by atoms with E-state index in [4.69, 9.17) is 4.74 Å². The number of anilines is 1. The summed E-state index contributed by atoms with van der Waals surface area (Å²) in [6.07, 6.45) is 1.09. The predicted octanol–water partition coefficient (Wildman–Crippen LogP) is 2.56. The van der Waals surface area contributed by atoms with E-state index >= 15 is 0 Å². The van der Waals surface area contributed by atoms with Crippen molar-refractivity contribution >= 4 is 23.6 Å². The molecule has 8 nitrogen and oxygen atoms in total. The number of ether oxygens (including phenoxy) is 1. The molecule has 3 rings (SSSR count). The quantitative estimate of drug-likeness (QED) is 0.858. The summed E-state index contributed by atoms with van der Waals surface area (Å²) in [5.41, 5.74) is 2.31. The molecule has 2 aromatic rings. The van der Waals surface area contributed by atoms with Gasteiger partial charge in [0.05, 0.1) is 6.61 Å². The van der Waals surface area contributed by atoms with Crippen molar-refractivity contribution in [3.63, 3.8) is 0 Å². The molecule has 0 bridgehead atoms. The lowest BCUT2D eigenvalue weighted by Crippen LogP contribution is -2.50. The molecule has 0 unspecified atom stereocenters. The Morgan fingerprint density at radius 2 is 1.69 bits per heavy atom. The maximum atomic E-state index is 12.8. The molecule has 0 aliphatic carbocycles. The number of hydrogen-bond donors (Lipinski definition) is 1. The number of amides is 3. The maximum absolute atomic E-state index is 12.8. The minimum atomic E-state index is -0.379. The van der Waals surface area contributed by atoms with Crippen LogP contribution in [-0.4, -0.2) is 65.5 Å². The highest BCUT2D eigenvalue weighted by molar-refractivity contribution is 6.04. The van der Waals surface area contributed by atoms with Gasteiger partial charge in [0.25, 0.3) is 11.8 Å². The summed E-state index contributed by atoms with van der Waals surface area (Å²) in [5, 5.41) is 2.78. The van der Waals surface area contributed by atoms with Crippen LogP contribution < -0.4 is 5.32 Å². The molecule has 2 heterocycles. The standard InChI is InChI=1S/C21H24N4O4/c1-3-29-21(28)25-12-10-24(11-13-25)20(27)16-8-9-22-18(14-16)19(26)23-17-6-4-15(2)5-7-17/h4-9,14H,3,10-13H2,1-2H3,(H,23,26). The van der Waals surface area contributed by atoms with E-state index in [9.17, 15) is 14.4 Å². The normalized spacial score (nSPS) is 13.7. The van der Waals surface area contributed by atoms with Crippen LogP contribution in [0.15, 0.2) is 42.6 Å². The summed E-state index contributed by atoms with van der Waals surface area (Å²) < 4.78 is 4.99. The van der Waals surface area contributed by atoms with Gasteiger partial charge in [0, 0.05) is 43.6 Å². The summed E-state index contributed by atoms with van der Waals surface area (Å²) >= 11 is 0. The van der Waals surface area contributed by atoms with E-state index in [1.165, 1.54) is 12.3 Å². The maximum Gasteiger partial charge on any atom is 0.409 e. The Bertz CT molecular complexity index is 890. The van der Waals surface area contributed by atoms with Crippen LogP contribution in [0.4, 0.5) is 10.5 Å². The third-order valence-corrected chi connectivity index (χ3v) is 4.64. The van der Waals surface area contributed by atoms with Crippen molar-refractivity contribution in [2.45, 2.75) is 13.8 Å². The van der Waals surface area contributed by atoms with Crippen molar-refractivity contribution in [3.05, 3.63) is 59.4 Å². The van der Waals surface area contributed by atoms with Crippen LogP contribution in [0.3, 0.4) is 0 Å². The van der Waals surface area contributed by atoms with Gasteiger partial charge in [-0.2, -0.15) is 0 Å². The zero-order valence-corrected chi connectivity index (χ0v) is 16.6. The van der Waals surface area contributed by atoms with Crippen LogP contribution in [-0.2, 0) is 4.74 Å². The first kappa shape index (κ1) is 20.3. The van der Waals surface area contributed by atoms with Gasteiger partial charge in [0.1, 0.15) is 5.69 Å². The Morgan fingerprint density at radius 1 is 1.03 bits per heavy atom. The molecule has 1 N–H and O–H groups in total. The monoisotopic (exact) mass is 396 g/mol. The Labute approximate surface area is 169 Å². The Hall–Kier alpha value is -3.42.